The van der Waals surface area contributed by atoms with Crippen LogP contribution in [0.2, 0.25) is 0 Å². The Balaban J connectivity index is 1.21. The maximum absolute atomic E-state index is 13.2. The number of pyridine rings is 2. The molecule has 0 radical (unpaired) electrons. The van der Waals surface area contributed by atoms with E-state index in [0.29, 0.717) is 43.0 Å². The first-order valence-electron chi connectivity index (χ1n) is 10.9. The van der Waals surface area contributed by atoms with E-state index in [1.54, 1.807) is 36.4 Å². The van der Waals surface area contributed by atoms with Gasteiger partial charge in [-0.2, -0.15) is 13.2 Å². The predicted octanol–water partition coefficient (Wildman–Crippen LogP) is 3.42. The van der Waals surface area contributed by atoms with Crippen molar-refractivity contribution in [2.75, 3.05) is 25.0 Å². The number of hydrogen-bond acceptors (Lipinski definition) is 6. The Hall–Kier alpha value is -3.08. The van der Waals surface area contributed by atoms with Crippen molar-refractivity contribution in [3.8, 4) is 11.3 Å². The van der Waals surface area contributed by atoms with Crippen molar-refractivity contribution in [1.82, 2.24) is 29.9 Å². The van der Waals surface area contributed by atoms with Gasteiger partial charge in [0.2, 0.25) is 5.91 Å². The van der Waals surface area contributed by atoms with E-state index in [2.05, 4.69) is 25.6 Å². The molecule has 5 rings (SSSR count). The Morgan fingerprint density at radius 2 is 1.94 bits per heavy atom. The molecule has 8 nitrogen and oxygen atoms in total. The summed E-state index contributed by atoms with van der Waals surface area (Å²) < 4.78 is 41.3. The predicted molar refractivity (Wildman–Crippen MR) is 115 cm³/mol. The van der Waals surface area contributed by atoms with Gasteiger partial charge in [0.05, 0.1) is 23.3 Å². The molecule has 1 aliphatic heterocycles. The number of amides is 1. The Morgan fingerprint density at radius 1 is 1.18 bits per heavy atom. The number of nitrogens with one attached hydrogen (secondary N) is 1. The van der Waals surface area contributed by atoms with E-state index in [0.717, 1.165) is 10.9 Å². The lowest BCUT2D eigenvalue weighted by Crippen LogP contribution is -2.44. The summed E-state index contributed by atoms with van der Waals surface area (Å²) in [6.45, 7) is 1.02. The Morgan fingerprint density at radius 3 is 2.58 bits per heavy atom. The minimum absolute atomic E-state index is 0.0399. The van der Waals surface area contributed by atoms with Crippen molar-refractivity contribution in [3.05, 3.63) is 30.7 Å². The van der Waals surface area contributed by atoms with Gasteiger partial charge in [-0.15, -0.1) is 5.10 Å². The minimum atomic E-state index is -4.15. The fraction of sp³-hybridized carbons (Fsp3) is 0.500. The van der Waals surface area contributed by atoms with Gasteiger partial charge < -0.3 is 10.2 Å². The largest absolute Gasteiger partial charge is 0.395 e. The van der Waals surface area contributed by atoms with Crippen LogP contribution >= 0.6 is 0 Å². The van der Waals surface area contributed by atoms with Crippen molar-refractivity contribution in [1.29, 1.82) is 0 Å². The number of aromatic nitrogens is 5. The number of alkyl halides is 3. The third-order valence-corrected chi connectivity index (χ3v) is 6.66. The van der Waals surface area contributed by atoms with Crippen molar-refractivity contribution in [3.63, 3.8) is 0 Å². The Labute approximate surface area is 188 Å². The van der Waals surface area contributed by atoms with Crippen LogP contribution in [-0.2, 0) is 11.8 Å². The summed E-state index contributed by atoms with van der Waals surface area (Å²) in [5.74, 6) is 0.0161. The van der Waals surface area contributed by atoms with Crippen LogP contribution in [0.3, 0.4) is 0 Å². The van der Waals surface area contributed by atoms with Crippen molar-refractivity contribution < 1.29 is 18.0 Å². The number of anilines is 1. The second-order valence-electron chi connectivity index (χ2n) is 9.08. The van der Waals surface area contributed by atoms with Gasteiger partial charge in [0.15, 0.2) is 0 Å². The van der Waals surface area contributed by atoms with E-state index in [4.69, 9.17) is 0 Å². The van der Waals surface area contributed by atoms with E-state index in [1.165, 1.54) is 0 Å². The molecule has 2 aliphatic rings. The first-order chi connectivity index (χ1) is 15.7. The van der Waals surface area contributed by atoms with Crippen LogP contribution in [0.25, 0.3) is 22.2 Å². The molecule has 0 aromatic carbocycles. The van der Waals surface area contributed by atoms with Crippen molar-refractivity contribution >= 4 is 22.6 Å². The van der Waals surface area contributed by atoms with Gasteiger partial charge in [-0.05, 0) is 50.9 Å². The summed E-state index contributed by atoms with van der Waals surface area (Å²) in [7, 11) is 1.79. The van der Waals surface area contributed by atoms with Crippen LogP contribution < -0.4 is 5.32 Å². The third kappa shape index (κ3) is 4.41. The Bertz CT molecular complexity index is 1180. The lowest BCUT2D eigenvalue weighted by molar-refractivity contribution is -0.192. The van der Waals surface area contributed by atoms with E-state index < -0.39 is 11.6 Å². The summed E-state index contributed by atoms with van der Waals surface area (Å²) in [4.78, 5) is 23.3. The van der Waals surface area contributed by atoms with Gasteiger partial charge in [-0.1, -0.05) is 5.21 Å². The van der Waals surface area contributed by atoms with Gasteiger partial charge >= 0.3 is 6.18 Å². The van der Waals surface area contributed by atoms with E-state index in [1.807, 2.05) is 11.0 Å². The summed E-state index contributed by atoms with van der Waals surface area (Å²) in [6.07, 6.45) is 2.42. The Kier molecular flexibility index (Phi) is 5.31. The molecule has 174 valence electrons. The number of hydrogen-bond donors (Lipinski definition) is 1. The molecule has 1 saturated heterocycles. The molecular formula is C22H24F3N7O. The van der Waals surface area contributed by atoms with Crippen molar-refractivity contribution in [2.45, 2.75) is 31.9 Å². The average Bonchev–Trinajstić information content (AvgIpc) is 3.45. The molecular weight excluding hydrogens is 435 g/mol. The van der Waals surface area contributed by atoms with Gasteiger partial charge in [0.1, 0.15) is 11.5 Å². The molecule has 1 N–H and O–H groups in total. The summed E-state index contributed by atoms with van der Waals surface area (Å²) in [5.41, 5.74) is 0.654. The van der Waals surface area contributed by atoms with Gasteiger partial charge in [0.25, 0.3) is 0 Å². The maximum Gasteiger partial charge on any atom is 0.395 e. The number of likely N-dealkylation sites (tertiary alicyclic amines) is 1. The molecule has 11 heteroatoms. The molecule has 0 atom stereocenters. The molecule has 4 heterocycles. The number of halogens is 3. The van der Waals surface area contributed by atoms with Crippen LogP contribution in [0, 0.1) is 11.3 Å². The van der Waals surface area contributed by atoms with Gasteiger partial charge in [-0.3, -0.25) is 14.5 Å². The highest BCUT2D eigenvalue weighted by atomic mass is 19.4. The molecule has 3 aromatic rings. The second kappa shape index (κ2) is 8.05. The first kappa shape index (κ1) is 21.7. The highest BCUT2D eigenvalue weighted by Gasteiger charge is 2.63. The summed E-state index contributed by atoms with van der Waals surface area (Å²) in [6, 6.07) is 3.67. The van der Waals surface area contributed by atoms with E-state index in [-0.39, 0.29) is 31.2 Å². The maximum atomic E-state index is 13.2. The molecule has 2 fully saturated rings. The smallest absolute Gasteiger partial charge is 0.310 e. The lowest BCUT2D eigenvalue weighted by atomic mass is 9.94. The molecule has 1 amide bonds. The number of aryl methyl sites for hydroxylation is 1. The number of carbonyl (C=O) groups excluding carboxylic acids is 1. The molecule has 0 unspecified atom stereocenters. The zero-order valence-electron chi connectivity index (χ0n) is 18.1. The average molecular weight is 459 g/mol. The van der Waals surface area contributed by atoms with Gasteiger partial charge in [-0.25, -0.2) is 4.98 Å². The van der Waals surface area contributed by atoms with E-state index in [9.17, 15) is 18.0 Å². The molecule has 1 saturated carbocycles. The zero-order chi connectivity index (χ0) is 23.2. The molecule has 0 bridgehead atoms. The molecule has 1 aliphatic carbocycles. The third-order valence-electron chi connectivity index (χ3n) is 6.66. The SMILES string of the molecule is Cn1cc(-c2cnc3cnc(NC(=O)C4CCN(CC5(C(F)(F)F)CC5)CC4)cc3c2)nn1. The topological polar surface area (TPSA) is 88.8 Å². The highest BCUT2D eigenvalue weighted by molar-refractivity contribution is 5.94. The number of rotatable bonds is 5. The lowest BCUT2D eigenvalue weighted by Gasteiger charge is -2.34. The highest BCUT2D eigenvalue weighted by Crippen LogP contribution is 2.58. The number of fused-ring (bicyclic) bond motifs is 1. The zero-order valence-corrected chi connectivity index (χ0v) is 18.1. The molecule has 0 spiro atoms. The summed E-state index contributed by atoms with van der Waals surface area (Å²) >= 11 is 0. The monoisotopic (exact) mass is 459 g/mol. The second-order valence-corrected chi connectivity index (χ2v) is 9.08. The number of nitrogens with zero attached hydrogens (tertiary/aromatic N) is 6. The first-order valence-corrected chi connectivity index (χ1v) is 10.9. The number of carbonyl (C=O) groups is 1. The normalized spacial score (nSPS) is 19.0. The van der Waals surface area contributed by atoms with E-state index >= 15 is 0 Å². The van der Waals surface area contributed by atoms with Crippen LogP contribution in [0.5, 0.6) is 0 Å². The van der Waals surface area contributed by atoms with Crippen LogP contribution in [0.4, 0.5) is 19.0 Å². The van der Waals surface area contributed by atoms with Crippen LogP contribution in [0.1, 0.15) is 25.7 Å². The van der Waals surface area contributed by atoms with Crippen LogP contribution in [0.15, 0.2) is 30.7 Å². The van der Waals surface area contributed by atoms with Gasteiger partial charge in [0, 0.05) is 36.7 Å². The molecule has 3 aromatic heterocycles. The minimum Gasteiger partial charge on any atom is -0.310 e. The molecule has 33 heavy (non-hydrogen) atoms. The van der Waals surface area contributed by atoms with Crippen LogP contribution in [-0.4, -0.2) is 61.6 Å². The van der Waals surface area contributed by atoms with Crippen molar-refractivity contribution in [2.24, 2.45) is 18.4 Å². The quantitative estimate of drug-likeness (QED) is 0.629. The fourth-order valence-electron chi connectivity index (χ4n) is 4.41. The number of piperidine rings is 1. The fourth-order valence-corrected chi connectivity index (χ4v) is 4.41. The standard InChI is InChI=1S/C22H24F3N7O/c1-31-12-18(29-30-31)16-8-15-9-19(27-11-17(15)26-10-16)28-20(33)14-2-6-32(7-3-14)13-21(4-5-21)22(23,24)25/h8-12,14H,2-7,13H2,1H3,(H,27,28,33). The summed E-state index contributed by atoms with van der Waals surface area (Å²) in [5, 5.41) is 11.7.